The number of hydrogen-bond acceptors (Lipinski definition) is 3. The Morgan fingerprint density at radius 3 is 0.732 bits per heavy atom. The molecule has 0 heterocycles. The summed E-state index contributed by atoms with van der Waals surface area (Å²) in [4.78, 5) is 0. The van der Waals surface area contributed by atoms with Crippen molar-refractivity contribution in [2.45, 2.75) is 70.9 Å². The molecule has 3 nitrogen and oxygen atoms in total. The van der Waals surface area contributed by atoms with E-state index < -0.39 is 81.0 Å². The summed E-state index contributed by atoms with van der Waals surface area (Å²) in [6.45, 7) is 0. The van der Waals surface area contributed by atoms with Crippen LogP contribution in [0.5, 0.6) is 0 Å². The maximum Gasteiger partial charge on any atom is 1.00 e. The van der Waals surface area contributed by atoms with E-state index in [1.54, 1.807) is 0 Å². The smallest absolute Gasteiger partial charge is 0.746 e. The summed E-state index contributed by atoms with van der Waals surface area (Å²) in [6.07, 6.45) is -8.19. The van der Waals surface area contributed by atoms with Crippen molar-refractivity contribution in [3.8, 4) is 0 Å². The SMILES string of the molecule is O=S(=O)([O-])C(F)C(F)(F)C(F)(F)C(F)(F)C(F)(F)C(F)(F)C(F)(F)C(F)(F)C(F)(F)C(F)(F)C(F)(F)C(F)(F)F.[K+]. The zero-order valence-corrected chi connectivity index (χ0v) is 21.7. The maximum absolute atomic E-state index is 13.5. The van der Waals surface area contributed by atoms with E-state index in [9.17, 15) is 118 Å². The first-order valence-corrected chi connectivity index (χ1v) is 9.56. The maximum atomic E-state index is 13.5. The van der Waals surface area contributed by atoms with Gasteiger partial charge >= 0.3 is 117 Å². The van der Waals surface area contributed by atoms with Crippen LogP contribution in [-0.4, -0.2) is 83.9 Å². The van der Waals surface area contributed by atoms with Crippen molar-refractivity contribution in [1.82, 2.24) is 0 Å². The second-order valence-electron chi connectivity index (χ2n) is 7.10. The van der Waals surface area contributed by atoms with E-state index in [0.29, 0.717) is 0 Å². The average molecular weight is 720 g/mol. The van der Waals surface area contributed by atoms with Gasteiger partial charge in [-0.1, -0.05) is 0 Å². The van der Waals surface area contributed by atoms with Gasteiger partial charge in [0.1, 0.15) is 10.1 Å². The van der Waals surface area contributed by atoms with Crippen molar-refractivity contribution in [2.75, 3.05) is 0 Å². The predicted molar refractivity (Wildman–Crippen MR) is 70.1 cm³/mol. The van der Waals surface area contributed by atoms with Gasteiger partial charge in [-0.2, -0.15) is 101 Å². The van der Waals surface area contributed by atoms with Crippen molar-refractivity contribution in [3.63, 3.8) is 0 Å². The fourth-order valence-corrected chi connectivity index (χ4v) is 2.60. The van der Waals surface area contributed by atoms with E-state index in [1.165, 1.54) is 0 Å². The second kappa shape index (κ2) is 10.7. The summed E-state index contributed by atoms with van der Waals surface area (Å²) >= 11 is 0. The molecule has 0 aliphatic heterocycles. The quantitative estimate of drug-likeness (QED) is 0.186. The Labute approximate surface area is 249 Å². The number of halogens is 24. The van der Waals surface area contributed by atoms with Crippen LogP contribution in [0.3, 0.4) is 0 Å². The first-order valence-electron chi connectivity index (χ1n) is 8.09. The average Bonchev–Trinajstić information content (AvgIpc) is 2.70. The van der Waals surface area contributed by atoms with Crippen LogP contribution in [0.25, 0.3) is 0 Å². The van der Waals surface area contributed by atoms with Crippen LogP contribution in [0, 0.1) is 0 Å². The van der Waals surface area contributed by atoms with Gasteiger partial charge in [-0.05, 0) is 0 Å². The molecule has 0 aliphatic rings. The van der Waals surface area contributed by atoms with E-state index in [-0.39, 0.29) is 51.4 Å². The largest absolute Gasteiger partial charge is 1.00 e. The molecular weight excluding hydrogens is 719 g/mol. The first-order chi connectivity index (χ1) is 16.7. The fourth-order valence-electron chi connectivity index (χ4n) is 2.09. The van der Waals surface area contributed by atoms with Gasteiger partial charge in [0.15, 0.2) is 0 Å². The molecule has 0 radical (unpaired) electrons. The molecule has 41 heavy (non-hydrogen) atoms. The molecule has 0 aliphatic carbocycles. The van der Waals surface area contributed by atoms with Crippen LogP contribution in [0.2, 0.25) is 0 Å². The van der Waals surface area contributed by atoms with Crippen LogP contribution in [0.4, 0.5) is 105 Å². The van der Waals surface area contributed by atoms with Crippen LogP contribution in [0.15, 0.2) is 0 Å². The number of rotatable bonds is 11. The van der Waals surface area contributed by atoms with Gasteiger partial charge in [-0.3, -0.25) is 0 Å². The molecule has 0 saturated heterocycles. The summed E-state index contributed by atoms with van der Waals surface area (Å²) in [5.41, 5.74) is -6.39. The van der Waals surface area contributed by atoms with E-state index in [1.807, 2.05) is 0 Å². The minimum absolute atomic E-state index is 0. The standard InChI is InChI=1S/C12H2F24O3S.K/c13-1(40(37,38)39)2(14,15)3(16,17)4(18,19)5(20,21)6(22,23)7(24,25)8(26,27)9(28,29)10(30,31)11(32,33)12(34,35)36;/h1H,(H,37,38,39);/q;+1/p-1. The minimum atomic E-state index is -9.65. The number of alkyl halides is 24. The molecule has 0 N–H and O–H groups in total. The van der Waals surface area contributed by atoms with E-state index >= 15 is 0 Å². The van der Waals surface area contributed by atoms with E-state index in [0.717, 1.165) is 0 Å². The predicted octanol–water partition coefficient (Wildman–Crippen LogP) is 3.75. The zero-order valence-electron chi connectivity index (χ0n) is 17.8. The Balaban J connectivity index is 0. The monoisotopic (exact) mass is 720 g/mol. The van der Waals surface area contributed by atoms with Crippen LogP contribution in [-0.2, 0) is 10.1 Å². The molecule has 0 rings (SSSR count). The topological polar surface area (TPSA) is 57.2 Å². The molecule has 242 valence electrons. The van der Waals surface area contributed by atoms with Crippen LogP contribution in [0.1, 0.15) is 0 Å². The molecular formula is C12HF24KO3S. The fraction of sp³-hybridized carbons (Fsp3) is 1.00. The summed E-state index contributed by atoms with van der Waals surface area (Å²) in [6, 6.07) is 0. The van der Waals surface area contributed by atoms with E-state index in [4.69, 9.17) is 0 Å². The van der Waals surface area contributed by atoms with Gasteiger partial charge < -0.3 is 4.55 Å². The van der Waals surface area contributed by atoms with Gasteiger partial charge in [0.2, 0.25) is 0 Å². The van der Waals surface area contributed by atoms with Crippen molar-refractivity contribution < 1.29 is 170 Å². The molecule has 0 aromatic carbocycles. The molecule has 1 unspecified atom stereocenters. The molecule has 0 aromatic heterocycles. The summed E-state index contributed by atoms with van der Waals surface area (Å²) in [5, 5.41) is 0. The second-order valence-corrected chi connectivity index (χ2v) is 8.50. The van der Waals surface area contributed by atoms with Crippen LogP contribution < -0.4 is 51.4 Å². The van der Waals surface area contributed by atoms with Crippen molar-refractivity contribution in [3.05, 3.63) is 0 Å². The third-order valence-corrected chi connectivity index (χ3v) is 5.27. The third-order valence-electron chi connectivity index (χ3n) is 4.47. The molecule has 0 amide bonds. The van der Waals surface area contributed by atoms with Gasteiger partial charge in [-0.25, -0.2) is 12.8 Å². The Morgan fingerprint density at radius 1 is 0.390 bits per heavy atom. The molecule has 1 atom stereocenters. The summed E-state index contributed by atoms with van der Waals surface area (Å²) < 4.78 is 343. The Hall–Kier alpha value is -0.134. The number of hydrogen-bond donors (Lipinski definition) is 0. The van der Waals surface area contributed by atoms with Crippen molar-refractivity contribution in [1.29, 1.82) is 0 Å². The Morgan fingerprint density at radius 2 is 0.561 bits per heavy atom. The molecule has 29 heteroatoms. The normalized spacial score (nSPS) is 17.3. The van der Waals surface area contributed by atoms with Gasteiger partial charge in [0.05, 0.1) is 0 Å². The first kappa shape index (κ1) is 43.0. The van der Waals surface area contributed by atoms with Crippen LogP contribution >= 0.6 is 0 Å². The molecule has 0 bridgehead atoms. The van der Waals surface area contributed by atoms with Crippen molar-refractivity contribution >= 4 is 10.1 Å². The summed E-state index contributed by atoms with van der Waals surface area (Å²) in [7, 11) is -7.72. The Kier molecular flexibility index (Phi) is 11.3. The molecule has 0 aromatic rings. The van der Waals surface area contributed by atoms with Gasteiger partial charge in [0.25, 0.3) is 5.50 Å². The van der Waals surface area contributed by atoms with Crippen molar-refractivity contribution in [2.24, 2.45) is 0 Å². The van der Waals surface area contributed by atoms with Gasteiger partial charge in [0, 0.05) is 0 Å². The molecule has 0 fully saturated rings. The molecule has 0 saturated carbocycles. The Bertz CT molecular complexity index is 1060. The van der Waals surface area contributed by atoms with Gasteiger partial charge in [-0.15, -0.1) is 0 Å². The third kappa shape index (κ3) is 5.51. The van der Waals surface area contributed by atoms with E-state index in [2.05, 4.69) is 0 Å². The minimum Gasteiger partial charge on any atom is -0.746 e. The zero-order chi connectivity index (χ0) is 33.6. The molecule has 0 spiro atoms. The summed E-state index contributed by atoms with van der Waals surface area (Å²) in [5.74, 6) is -92.1.